The zero-order valence-corrected chi connectivity index (χ0v) is 13.0. The number of ether oxygens (including phenoxy) is 2. The second kappa shape index (κ2) is 8.08. The van der Waals surface area contributed by atoms with Crippen molar-refractivity contribution in [1.82, 2.24) is 0 Å². The van der Waals surface area contributed by atoms with E-state index >= 15 is 0 Å². The number of aliphatic imine (C=N–C) groups is 1. The minimum absolute atomic E-state index is 0.130. The number of halogens is 1. The number of carbonyl (C=O) groups excluding carboxylic acids is 1. The summed E-state index contributed by atoms with van der Waals surface area (Å²) in [5.41, 5.74) is 1.38. The molecule has 2 aromatic carbocycles. The monoisotopic (exact) mass is 315 g/mol. The molecule has 0 N–H and O–H groups in total. The predicted octanol–water partition coefficient (Wildman–Crippen LogP) is 3.91. The second-order valence-electron chi connectivity index (χ2n) is 5.13. The number of benzene rings is 2. The van der Waals surface area contributed by atoms with Gasteiger partial charge in [-0.2, -0.15) is 0 Å². The highest BCUT2D eigenvalue weighted by Gasteiger charge is 2.06. The minimum atomic E-state index is -0.406. The molecule has 0 unspecified atom stereocenters. The number of nitrogens with zero attached hydrogens (tertiary/aromatic N) is 1. The van der Waals surface area contributed by atoms with Crippen LogP contribution in [0.15, 0.2) is 53.5 Å². The van der Waals surface area contributed by atoms with Crippen LogP contribution in [0, 0.1) is 5.82 Å². The van der Waals surface area contributed by atoms with Crippen molar-refractivity contribution in [3.8, 4) is 5.75 Å². The van der Waals surface area contributed by atoms with E-state index in [2.05, 4.69) is 4.99 Å². The van der Waals surface area contributed by atoms with E-state index < -0.39 is 5.97 Å². The van der Waals surface area contributed by atoms with Crippen molar-refractivity contribution in [2.45, 2.75) is 20.0 Å². The van der Waals surface area contributed by atoms with Crippen molar-refractivity contribution < 1.29 is 18.7 Å². The summed E-state index contributed by atoms with van der Waals surface area (Å²) in [6, 6.07) is 13.1. The normalized spacial score (nSPS) is 11.0. The number of hydrogen-bond acceptors (Lipinski definition) is 4. The maximum absolute atomic E-state index is 13.0. The first kappa shape index (κ1) is 16.7. The predicted molar refractivity (Wildman–Crippen MR) is 86.8 cm³/mol. The fourth-order valence-electron chi connectivity index (χ4n) is 1.79. The average molecular weight is 315 g/mol. The molecule has 0 saturated heterocycles. The molecule has 0 aliphatic heterocycles. The molecule has 0 aromatic heterocycles. The Hall–Kier alpha value is -2.69. The minimum Gasteiger partial charge on any atom is -0.482 e. The Balaban J connectivity index is 1.90. The molecule has 0 aliphatic rings. The number of carbonyl (C=O) groups is 1. The summed E-state index contributed by atoms with van der Waals surface area (Å²) >= 11 is 0. The van der Waals surface area contributed by atoms with E-state index in [1.807, 2.05) is 0 Å². The van der Waals surface area contributed by atoms with E-state index in [0.29, 0.717) is 11.4 Å². The van der Waals surface area contributed by atoms with E-state index in [4.69, 9.17) is 9.47 Å². The third kappa shape index (κ3) is 5.90. The van der Waals surface area contributed by atoms with Gasteiger partial charge in [0.2, 0.25) is 0 Å². The third-order valence-corrected chi connectivity index (χ3v) is 2.77. The van der Waals surface area contributed by atoms with Crippen LogP contribution in [-0.4, -0.2) is 24.9 Å². The van der Waals surface area contributed by atoms with Crippen molar-refractivity contribution in [2.75, 3.05) is 6.61 Å². The Kier molecular flexibility index (Phi) is 5.86. The summed E-state index contributed by atoms with van der Waals surface area (Å²) in [6.07, 6.45) is 1.47. The smallest absolute Gasteiger partial charge is 0.344 e. The highest BCUT2D eigenvalue weighted by Crippen LogP contribution is 2.15. The molecular weight excluding hydrogens is 297 g/mol. The van der Waals surface area contributed by atoms with E-state index in [1.165, 1.54) is 12.1 Å². The first-order valence-electron chi connectivity index (χ1n) is 7.25. The van der Waals surface area contributed by atoms with Crippen LogP contribution in [0.2, 0.25) is 0 Å². The fourth-order valence-corrected chi connectivity index (χ4v) is 1.79. The zero-order chi connectivity index (χ0) is 16.7. The Bertz CT molecular complexity index is 681. The van der Waals surface area contributed by atoms with E-state index in [-0.39, 0.29) is 18.5 Å². The molecule has 120 valence electrons. The van der Waals surface area contributed by atoms with Gasteiger partial charge in [0.05, 0.1) is 11.8 Å². The molecule has 0 aliphatic carbocycles. The van der Waals surface area contributed by atoms with Crippen molar-refractivity contribution >= 4 is 17.9 Å². The zero-order valence-electron chi connectivity index (χ0n) is 13.0. The van der Waals surface area contributed by atoms with Gasteiger partial charge in [-0.15, -0.1) is 0 Å². The summed E-state index contributed by atoms with van der Waals surface area (Å²) < 4.78 is 23.4. The van der Waals surface area contributed by atoms with Gasteiger partial charge in [-0.3, -0.25) is 4.99 Å². The van der Waals surface area contributed by atoms with E-state index in [1.54, 1.807) is 56.5 Å². The van der Waals surface area contributed by atoms with Gasteiger partial charge < -0.3 is 9.47 Å². The molecule has 0 amide bonds. The Morgan fingerprint density at radius 3 is 2.61 bits per heavy atom. The molecule has 5 heteroatoms. The van der Waals surface area contributed by atoms with Crippen molar-refractivity contribution in [3.05, 3.63) is 59.9 Å². The molecule has 0 radical (unpaired) electrons. The summed E-state index contributed by atoms with van der Waals surface area (Å²) in [5, 5.41) is 0. The lowest BCUT2D eigenvalue weighted by molar-refractivity contribution is -0.149. The van der Waals surface area contributed by atoms with Crippen LogP contribution in [0.4, 0.5) is 10.1 Å². The summed E-state index contributed by atoms with van der Waals surface area (Å²) in [5.74, 6) is -0.165. The van der Waals surface area contributed by atoms with Crippen LogP contribution in [0.5, 0.6) is 5.75 Å². The van der Waals surface area contributed by atoms with Crippen LogP contribution in [0.1, 0.15) is 19.4 Å². The van der Waals surface area contributed by atoms with Crippen LogP contribution in [-0.2, 0) is 9.53 Å². The standard InChI is InChI=1S/C18H18FNO3/c1-13(2)23-18(21)12-22-17-8-6-14(7-9-17)11-20-16-5-3-4-15(19)10-16/h3-11,13H,12H2,1-2H3. The fraction of sp³-hybridized carbons (Fsp3) is 0.222. The molecule has 0 saturated carbocycles. The summed E-state index contributed by atoms with van der Waals surface area (Å²) in [6.45, 7) is 3.43. The third-order valence-electron chi connectivity index (χ3n) is 2.77. The highest BCUT2D eigenvalue weighted by atomic mass is 19.1. The number of rotatable bonds is 6. The van der Waals surface area contributed by atoms with Gasteiger partial charge in [0.25, 0.3) is 0 Å². The van der Waals surface area contributed by atoms with Gasteiger partial charge >= 0.3 is 5.97 Å². The van der Waals surface area contributed by atoms with Crippen LogP contribution >= 0.6 is 0 Å². The quantitative estimate of drug-likeness (QED) is 0.600. The van der Waals surface area contributed by atoms with Crippen molar-refractivity contribution in [1.29, 1.82) is 0 Å². The average Bonchev–Trinajstić information content (AvgIpc) is 2.51. The lowest BCUT2D eigenvalue weighted by atomic mass is 10.2. The van der Waals surface area contributed by atoms with Gasteiger partial charge in [0, 0.05) is 6.21 Å². The molecule has 0 heterocycles. The van der Waals surface area contributed by atoms with E-state index in [9.17, 15) is 9.18 Å². The molecular formula is C18H18FNO3. The lowest BCUT2D eigenvalue weighted by Gasteiger charge is -2.09. The van der Waals surface area contributed by atoms with Crippen LogP contribution in [0.25, 0.3) is 0 Å². The molecule has 23 heavy (non-hydrogen) atoms. The first-order valence-corrected chi connectivity index (χ1v) is 7.25. The summed E-state index contributed by atoms with van der Waals surface area (Å²) in [7, 11) is 0. The molecule has 4 nitrogen and oxygen atoms in total. The topological polar surface area (TPSA) is 47.9 Å². The molecule has 0 spiro atoms. The second-order valence-corrected chi connectivity index (χ2v) is 5.13. The van der Waals surface area contributed by atoms with Gasteiger partial charge in [0.1, 0.15) is 11.6 Å². The molecule has 2 aromatic rings. The Morgan fingerprint density at radius 1 is 1.22 bits per heavy atom. The van der Waals surface area contributed by atoms with Gasteiger partial charge in [-0.05, 0) is 61.9 Å². The van der Waals surface area contributed by atoms with Crippen LogP contribution < -0.4 is 4.74 Å². The largest absolute Gasteiger partial charge is 0.482 e. The highest BCUT2D eigenvalue weighted by molar-refractivity contribution is 5.82. The van der Waals surface area contributed by atoms with Gasteiger partial charge in [-0.25, -0.2) is 9.18 Å². The number of hydrogen-bond donors (Lipinski definition) is 0. The Labute approximate surface area is 134 Å². The maximum atomic E-state index is 13.0. The first-order chi connectivity index (χ1) is 11.0. The Morgan fingerprint density at radius 2 is 1.96 bits per heavy atom. The molecule has 0 atom stereocenters. The molecule has 0 bridgehead atoms. The maximum Gasteiger partial charge on any atom is 0.344 e. The molecule has 0 fully saturated rings. The lowest BCUT2D eigenvalue weighted by Crippen LogP contribution is -2.18. The van der Waals surface area contributed by atoms with Crippen molar-refractivity contribution in [3.63, 3.8) is 0 Å². The summed E-state index contributed by atoms with van der Waals surface area (Å²) in [4.78, 5) is 15.6. The van der Waals surface area contributed by atoms with Gasteiger partial charge in [-0.1, -0.05) is 6.07 Å². The molecule has 2 rings (SSSR count). The van der Waals surface area contributed by atoms with Crippen LogP contribution in [0.3, 0.4) is 0 Å². The van der Waals surface area contributed by atoms with E-state index in [0.717, 1.165) is 5.56 Å². The van der Waals surface area contributed by atoms with Crippen molar-refractivity contribution in [2.24, 2.45) is 4.99 Å². The van der Waals surface area contributed by atoms with Gasteiger partial charge in [0.15, 0.2) is 6.61 Å². The number of esters is 1. The SMILES string of the molecule is CC(C)OC(=O)COc1ccc(C=Nc2cccc(F)c2)cc1.